The smallest absolute Gasteiger partial charge is 0.167 e. The van der Waals surface area contributed by atoms with Crippen LogP contribution in [0.2, 0.25) is 10.2 Å². The number of rotatable bonds is 9. The van der Waals surface area contributed by atoms with Crippen molar-refractivity contribution in [3.05, 3.63) is 81.7 Å². The van der Waals surface area contributed by atoms with Crippen LogP contribution in [0.3, 0.4) is 0 Å². The minimum atomic E-state index is -0.706. The number of nitrogens with two attached hydrogens (primary N) is 1. The monoisotopic (exact) mass is 529 g/mol. The van der Waals surface area contributed by atoms with Crippen molar-refractivity contribution in [3.8, 4) is 17.6 Å². The molecule has 4 rings (SSSR count). The number of benzene rings is 2. The number of nitrogens with zero attached hydrogens (tertiary/aromatic N) is 3. The van der Waals surface area contributed by atoms with E-state index in [1.165, 1.54) is 24.4 Å². The Morgan fingerprint density at radius 2 is 1.83 bits per heavy atom. The van der Waals surface area contributed by atoms with Gasteiger partial charge in [0, 0.05) is 29.8 Å². The van der Waals surface area contributed by atoms with E-state index in [0.29, 0.717) is 29.6 Å². The number of nitrogens with one attached hydrogen (secondary N) is 1. The molecule has 4 aromatic rings. The predicted molar refractivity (Wildman–Crippen MR) is 134 cm³/mol. The molecule has 2 heterocycles. The molecule has 0 saturated carbocycles. The van der Waals surface area contributed by atoms with Crippen LogP contribution in [0.15, 0.2) is 48.7 Å². The molecule has 3 N–H and O–H groups in total. The van der Waals surface area contributed by atoms with Crippen molar-refractivity contribution in [2.75, 3.05) is 18.5 Å². The zero-order valence-corrected chi connectivity index (χ0v) is 20.2. The van der Waals surface area contributed by atoms with E-state index in [-0.39, 0.29) is 51.8 Å². The standard InChI is InChI=1S/C25H19Cl2F2N5O2/c26-17-8-22(36-13-15-3-1-4-24(27)33-15)19(29)9-21(17)34-25-14(11-31)12-32-20-10-23(35-6-2-5-30)18(28)7-16(20)25/h1,3-4,7-10,12H,2,5-6,13,30H2,(H,32,34). The SMILES string of the molecule is N#Cc1cnc2cc(OCCCN)c(F)cc2c1Nc1cc(F)c(OCc2cccc(Cl)n2)cc1Cl. The lowest BCUT2D eigenvalue weighted by Gasteiger charge is -2.15. The van der Waals surface area contributed by atoms with Crippen LogP contribution in [0.5, 0.6) is 11.5 Å². The molecular formula is C25H19Cl2F2N5O2. The third-order valence-corrected chi connectivity index (χ3v) is 5.60. The van der Waals surface area contributed by atoms with Crippen molar-refractivity contribution in [2.45, 2.75) is 13.0 Å². The Kier molecular flexibility index (Phi) is 8.00. The fourth-order valence-electron chi connectivity index (χ4n) is 3.34. The van der Waals surface area contributed by atoms with Gasteiger partial charge in [0.1, 0.15) is 17.8 Å². The van der Waals surface area contributed by atoms with Gasteiger partial charge in [-0.25, -0.2) is 13.8 Å². The summed E-state index contributed by atoms with van der Waals surface area (Å²) in [4.78, 5) is 8.31. The summed E-state index contributed by atoms with van der Waals surface area (Å²) in [5.74, 6) is -1.44. The second-order valence-electron chi connectivity index (χ2n) is 7.58. The number of anilines is 2. The summed E-state index contributed by atoms with van der Waals surface area (Å²) >= 11 is 12.2. The first-order valence-electron chi connectivity index (χ1n) is 10.7. The third kappa shape index (κ3) is 5.74. The van der Waals surface area contributed by atoms with Crippen LogP contribution >= 0.6 is 23.2 Å². The van der Waals surface area contributed by atoms with E-state index in [1.54, 1.807) is 18.2 Å². The van der Waals surface area contributed by atoms with E-state index in [4.69, 9.17) is 38.4 Å². The highest BCUT2D eigenvalue weighted by atomic mass is 35.5. The number of halogens is 4. The molecule has 0 aliphatic carbocycles. The maximum absolute atomic E-state index is 14.8. The van der Waals surface area contributed by atoms with E-state index in [2.05, 4.69) is 15.3 Å². The van der Waals surface area contributed by atoms with Crippen LogP contribution in [0.25, 0.3) is 10.9 Å². The minimum absolute atomic E-state index is 0.0129. The van der Waals surface area contributed by atoms with Gasteiger partial charge >= 0.3 is 0 Å². The number of hydrogen-bond acceptors (Lipinski definition) is 7. The highest BCUT2D eigenvalue weighted by Crippen LogP contribution is 2.37. The molecule has 0 atom stereocenters. The second-order valence-corrected chi connectivity index (χ2v) is 8.37. The largest absolute Gasteiger partial charge is 0.490 e. The zero-order chi connectivity index (χ0) is 25.7. The van der Waals surface area contributed by atoms with Crippen molar-refractivity contribution in [3.63, 3.8) is 0 Å². The molecule has 0 aliphatic rings. The molecule has 0 saturated heterocycles. The zero-order valence-electron chi connectivity index (χ0n) is 18.7. The first-order valence-corrected chi connectivity index (χ1v) is 11.5. The maximum Gasteiger partial charge on any atom is 0.167 e. The summed E-state index contributed by atoms with van der Waals surface area (Å²) in [5.41, 5.74) is 6.80. The van der Waals surface area contributed by atoms with Gasteiger partial charge < -0.3 is 20.5 Å². The molecule has 0 unspecified atom stereocenters. The normalized spacial score (nSPS) is 10.8. The van der Waals surface area contributed by atoms with Gasteiger partial charge in [0.25, 0.3) is 0 Å². The highest BCUT2D eigenvalue weighted by molar-refractivity contribution is 6.33. The Bertz CT molecular complexity index is 1460. The lowest BCUT2D eigenvalue weighted by Crippen LogP contribution is -2.07. The van der Waals surface area contributed by atoms with Crippen LogP contribution in [0, 0.1) is 23.0 Å². The van der Waals surface area contributed by atoms with Crippen molar-refractivity contribution >= 4 is 45.5 Å². The number of hydrogen-bond donors (Lipinski definition) is 2. The van der Waals surface area contributed by atoms with Crippen LogP contribution in [-0.2, 0) is 6.61 Å². The van der Waals surface area contributed by atoms with Crippen LogP contribution in [-0.4, -0.2) is 23.1 Å². The summed E-state index contributed by atoms with van der Waals surface area (Å²) in [7, 11) is 0. The first kappa shape index (κ1) is 25.4. The molecule has 36 heavy (non-hydrogen) atoms. The van der Waals surface area contributed by atoms with Crippen LogP contribution < -0.4 is 20.5 Å². The number of ether oxygens (including phenoxy) is 2. The molecule has 7 nitrogen and oxygen atoms in total. The first-order chi connectivity index (χ1) is 17.4. The Hall–Kier alpha value is -3.71. The van der Waals surface area contributed by atoms with Gasteiger partial charge in [-0.05, 0) is 31.2 Å². The summed E-state index contributed by atoms with van der Waals surface area (Å²) in [5, 5.41) is 13.2. The van der Waals surface area contributed by atoms with Gasteiger partial charge in [0.15, 0.2) is 23.1 Å². The molecule has 11 heteroatoms. The van der Waals surface area contributed by atoms with Crippen LogP contribution in [0.4, 0.5) is 20.2 Å². The van der Waals surface area contributed by atoms with Crippen LogP contribution in [0.1, 0.15) is 17.7 Å². The van der Waals surface area contributed by atoms with E-state index in [0.717, 1.165) is 6.07 Å². The summed E-state index contributed by atoms with van der Waals surface area (Å²) in [6.45, 7) is 0.631. The topological polar surface area (TPSA) is 106 Å². The number of fused-ring (bicyclic) bond motifs is 1. The molecule has 0 spiro atoms. The van der Waals surface area contributed by atoms with Gasteiger partial charge in [-0.1, -0.05) is 29.3 Å². The molecule has 0 fully saturated rings. The van der Waals surface area contributed by atoms with Crippen molar-refractivity contribution in [2.24, 2.45) is 5.73 Å². The van der Waals surface area contributed by atoms with Crippen molar-refractivity contribution in [1.29, 1.82) is 5.26 Å². The van der Waals surface area contributed by atoms with E-state index < -0.39 is 11.6 Å². The lowest BCUT2D eigenvalue weighted by molar-refractivity contribution is 0.286. The summed E-state index contributed by atoms with van der Waals surface area (Å²) < 4.78 is 40.5. The molecule has 0 bridgehead atoms. The minimum Gasteiger partial charge on any atom is -0.490 e. The van der Waals surface area contributed by atoms with E-state index >= 15 is 0 Å². The fourth-order valence-corrected chi connectivity index (χ4v) is 3.72. The Labute approximate surface area is 215 Å². The molecule has 2 aromatic heterocycles. The molecule has 184 valence electrons. The number of aromatic nitrogens is 2. The van der Waals surface area contributed by atoms with E-state index in [1.807, 2.05) is 6.07 Å². The molecular weight excluding hydrogens is 511 g/mol. The maximum atomic E-state index is 14.8. The molecule has 0 aliphatic heterocycles. The van der Waals surface area contributed by atoms with E-state index in [9.17, 15) is 14.0 Å². The van der Waals surface area contributed by atoms with Gasteiger partial charge in [0.05, 0.1) is 39.8 Å². The lowest BCUT2D eigenvalue weighted by atomic mass is 10.1. The quantitative estimate of drug-likeness (QED) is 0.198. The van der Waals surface area contributed by atoms with Crippen molar-refractivity contribution in [1.82, 2.24) is 9.97 Å². The highest BCUT2D eigenvalue weighted by Gasteiger charge is 2.17. The predicted octanol–water partition coefficient (Wildman–Crippen LogP) is 6.14. The second kappa shape index (κ2) is 11.4. The number of nitriles is 1. The third-order valence-electron chi connectivity index (χ3n) is 5.08. The fraction of sp³-hybridized carbons (Fsp3) is 0.160. The Morgan fingerprint density at radius 3 is 2.58 bits per heavy atom. The number of pyridine rings is 2. The summed E-state index contributed by atoms with van der Waals surface area (Å²) in [6.07, 6.45) is 1.89. The molecule has 2 aromatic carbocycles. The van der Waals surface area contributed by atoms with Gasteiger partial charge in [-0.15, -0.1) is 0 Å². The van der Waals surface area contributed by atoms with Gasteiger partial charge in [-0.3, -0.25) is 4.98 Å². The average molecular weight is 530 g/mol. The van der Waals surface area contributed by atoms with Crippen molar-refractivity contribution < 1.29 is 18.3 Å². The Morgan fingerprint density at radius 1 is 1.06 bits per heavy atom. The summed E-state index contributed by atoms with van der Waals surface area (Å²) in [6, 6.07) is 12.0. The molecule has 0 radical (unpaired) electrons. The Balaban J connectivity index is 1.63. The van der Waals surface area contributed by atoms with Gasteiger partial charge in [-0.2, -0.15) is 5.26 Å². The average Bonchev–Trinajstić information content (AvgIpc) is 2.86. The van der Waals surface area contributed by atoms with Gasteiger partial charge in [0.2, 0.25) is 0 Å². The molecule has 0 amide bonds.